The largest absolute Gasteiger partial charge is 0.798 e. The average molecular weight is 1040 g/mol. The average Bonchev–Trinajstić information content (AvgIpc) is 4.19. The molecule has 0 radical (unpaired) electrons. The van der Waals surface area contributed by atoms with Crippen molar-refractivity contribution in [2.45, 2.75) is 129 Å². The third kappa shape index (κ3) is 9.92. The van der Waals surface area contributed by atoms with Crippen LogP contribution in [0.15, 0.2) is 34.1 Å². The second kappa shape index (κ2) is 18.7. The lowest BCUT2D eigenvalue weighted by Crippen LogP contribution is -2.54. The van der Waals surface area contributed by atoms with E-state index in [0.717, 1.165) is 38.2 Å². The number of carbonyl (C=O) groups excluding carboxylic acids is 3. The number of rotatable bonds is 6. The second-order valence-electron chi connectivity index (χ2n) is 22.6. The first-order valence-electron chi connectivity index (χ1n) is 24.3. The highest BCUT2D eigenvalue weighted by Crippen LogP contribution is 2.60. The summed E-state index contributed by atoms with van der Waals surface area (Å²) in [5.41, 5.74) is -4.14. The van der Waals surface area contributed by atoms with Gasteiger partial charge >= 0.3 is 31.6 Å². The van der Waals surface area contributed by atoms with Crippen LogP contribution in [0.1, 0.15) is 128 Å². The molecule has 0 bridgehead atoms. The number of alkyl carbamates (subject to hydrolysis) is 2. The number of anilines is 1. The van der Waals surface area contributed by atoms with Gasteiger partial charge in [0, 0.05) is 49.4 Å². The summed E-state index contributed by atoms with van der Waals surface area (Å²) in [6.07, 6.45) is 5.64. The number of benzene rings is 2. The molecule has 2 saturated carbocycles. The van der Waals surface area contributed by atoms with Crippen LogP contribution in [0.5, 0.6) is 11.5 Å². The van der Waals surface area contributed by atoms with Gasteiger partial charge < -0.3 is 58.7 Å². The molecule has 2 saturated heterocycles. The van der Waals surface area contributed by atoms with Crippen LogP contribution in [0.4, 0.5) is 37.1 Å². The van der Waals surface area contributed by atoms with Gasteiger partial charge in [0.25, 0.3) is 0 Å². The molecule has 2 unspecified atom stereocenters. The summed E-state index contributed by atoms with van der Waals surface area (Å²) >= 11 is 0. The minimum atomic E-state index is -3.40. The van der Waals surface area contributed by atoms with Crippen molar-refractivity contribution in [3.05, 3.63) is 73.6 Å². The van der Waals surface area contributed by atoms with Gasteiger partial charge in [-0.05, 0) is 107 Å². The van der Waals surface area contributed by atoms with Gasteiger partial charge in [-0.1, -0.05) is 0 Å². The maximum Gasteiger partial charge on any atom is 0.798 e. The number of aromatic carboxylic acids is 1. The molecule has 4 atom stereocenters. The van der Waals surface area contributed by atoms with Crippen LogP contribution in [-0.4, -0.2) is 108 Å². The zero-order valence-electron chi connectivity index (χ0n) is 42.8. The number of carboxylic acid groups (broad SMARTS) is 1. The van der Waals surface area contributed by atoms with Crippen molar-refractivity contribution < 1.29 is 69.7 Å². The molecule has 400 valence electrons. The van der Waals surface area contributed by atoms with E-state index < -0.39 is 93.5 Å². The number of ether oxygens (including phenoxy) is 4. The Morgan fingerprint density at radius 2 is 1.22 bits per heavy atom. The molecule has 4 fully saturated rings. The molecule has 2 spiro atoms. The SMILES string of the molecule is CC(C)(C)OC(=O)NC1(C)CNCC12CC2.C[C@H]1COc2c(F)c(F)cc3c(=O)c(C(=O)OB(F)F)cn1c23.C[C@H]1COc2c(N3CC4(CC4)C(C)(NC(=O)OC(C)(C)C)C3)c(F)cc3c(=O)c(C(=O)O)cn1c23. The Labute approximate surface area is 422 Å². The number of halogens is 5. The molecule has 4 N–H and O–H groups in total. The molecule has 18 nitrogen and oxygen atoms in total. The molecule has 24 heteroatoms. The number of carboxylic acids is 1. The topological polar surface area (TPSA) is 218 Å². The maximum atomic E-state index is 15.7. The Balaban J connectivity index is 0.000000160. The minimum Gasteiger partial charge on any atom is -0.487 e. The van der Waals surface area contributed by atoms with Crippen LogP contribution in [0, 0.1) is 28.3 Å². The monoisotopic (exact) mass is 1040 g/mol. The highest BCUT2D eigenvalue weighted by molar-refractivity contribution is 6.38. The fraction of sp³-hybridized carbons (Fsp3) is 0.560. The number of carbonyl (C=O) groups is 4. The summed E-state index contributed by atoms with van der Waals surface area (Å²) in [7, 11) is -3.40. The van der Waals surface area contributed by atoms with E-state index in [1.807, 2.05) is 39.5 Å². The molecular formula is C50H60BF5N6O12. The highest BCUT2D eigenvalue weighted by atomic mass is 19.2. The molecule has 10 rings (SSSR count). The summed E-state index contributed by atoms with van der Waals surface area (Å²) < 4.78 is 96.1. The van der Waals surface area contributed by atoms with Crippen molar-refractivity contribution in [2.24, 2.45) is 10.8 Å². The van der Waals surface area contributed by atoms with Gasteiger partial charge in [0.1, 0.15) is 41.2 Å². The number of nitrogens with one attached hydrogen (secondary N) is 3. The maximum absolute atomic E-state index is 15.7. The number of hydrogen-bond acceptors (Lipinski definition) is 13. The summed E-state index contributed by atoms with van der Waals surface area (Å²) in [6.45, 7) is 21.4. The van der Waals surface area contributed by atoms with E-state index in [4.69, 9.17) is 18.9 Å². The van der Waals surface area contributed by atoms with Gasteiger partial charge in [-0.2, -0.15) is 4.39 Å². The van der Waals surface area contributed by atoms with E-state index >= 15 is 4.39 Å². The first-order chi connectivity index (χ1) is 34.3. The summed E-state index contributed by atoms with van der Waals surface area (Å²) in [4.78, 5) is 74.7. The lowest BCUT2D eigenvalue weighted by Gasteiger charge is -2.33. The first-order valence-corrected chi connectivity index (χ1v) is 24.3. The Kier molecular flexibility index (Phi) is 13.5. The minimum absolute atomic E-state index is 0.0253. The zero-order chi connectivity index (χ0) is 54.4. The molecule has 4 aromatic rings. The van der Waals surface area contributed by atoms with Gasteiger partial charge in [0.15, 0.2) is 23.1 Å². The lowest BCUT2D eigenvalue weighted by molar-refractivity contribution is 0.0428. The highest BCUT2D eigenvalue weighted by Gasteiger charge is 2.64. The standard InChI is InChI=1S/C25H30FN3O6.C13H8BF4NO4.C12H22N2O2/c1-13-10-34-20-17-14(19(30)15(21(31)32)9-29(13)17)8-16(26)18(20)28-11-24(5,25(12-28)6-7-25)27-22(33)35-23(2,3)4;1-5-4-22-12-9(16)8(15)2-6-10(12)19(5)3-7(11(6)20)13(21)23-14(17)18;1-10(2,3)16-9(15)14-11(4)7-13-8-12(11)5-6-12/h8-9,13H,6-7,10-12H2,1-5H3,(H,27,33)(H,31,32);2-3,5H,4H2,1H3;13H,5-8H2,1-4H3,(H,14,15)/t13-,24?;5-;/m00./s1. The van der Waals surface area contributed by atoms with Crippen LogP contribution < -0.4 is 41.2 Å². The zero-order valence-corrected chi connectivity index (χ0v) is 42.8. The van der Waals surface area contributed by atoms with Crippen LogP contribution >= 0.6 is 0 Å². The van der Waals surface area contributed by atoms with Crippen LogP contribution in [-0.2, 0) is 14.1 Å². The molecule has 6 heterocycles. The third-order valence-electron chi connectivity index (χ3n) is 14.8. The quantitative estimate of drug-likeness (QED) is 0.108. The predicted molar refractivity (Wildman–Crippen MR) is 261 cm³/mol. The molecule has 6 aliphatic rings. The van der Waals surface area contributed by atoms with Crippen molar-refractivity contribution in [1.29, 1.82) is 0 Å². The van der Waals surface area contributed by atoms with Crippen molar-refractivity contribution in [3.63, 3.8) is 0 Å². The number of hydrogen-bond donors (Lipinski definition) is 4. The molecule has 2 aliphatic carbocycles. The molecule has 4 aliphatic heterocycles. The molecule has 2 aromatic heterocycles. The third-order valence-corrected chi connectivity index (χ3v) is 14.8. The number of aromatic nitrogens is 2. The summed E-state index contributed by atoms with van der Waals surface area (Å²) in [5, 5.41) is 18.5. The van der Waals surface area contributed by atoms with Crippen molar-refractivity contribution in [3.8, 4) is 11.5 Å². The number of amides is 2. The van der Waals surface area contributed by atoms with E-state index in [0.29, 0.717) is 24.7 Å². The van der Waals surface area contributed by atoms with Crippen LogP contribution in [0.25, 0.3) is 21.8 Å². The van der Waals surface area contributed by atoms with Gasteiger partial charge in [0.2, 0.25) is 16.7 Å². The van der Waals surface area contributed by atoms with E-state index in [-0.39, 0.29) is 69.4 Å². The predicted octanol–water partition coefficient (Wildman–Crippen LogP) is 7.64. The Bertz CT molecular complexity index is 3110. The fourth-order valence-electron chi connectivity index (χ4n) is 10.5. The van der Waals surface area contributed by atoms with Crippen LogP contribution in [0.3, 0.4) is 0 Å². The normalized spacial score (nSPS) is 23.4. The smallest absolute Gasteiger partial charge is 0.487 e. The van der Waals surface area contributed by atoms with Crippen molar-refractivity contribution in [1.82, 2.24) is 25.1 Å². The van der Waals surface area contributed by atoms with E-state index in [1.54, 1.807) is 32.3 Å². The van der Waals surface area contributed by atoms with Crippen molar-refractivity contribution in [2.75, 3.05) is 44.3 Å². The summed E-state index contributed by atoms with van der Waals surface area (Å²) in [5.74, 6) is -6.39. The Morgan fingerprint density at radius 1 is 0.730 bits per heavy atom. The summed E-state index contributed by atoms with van der Waals surface area (Å²) in [6, 6.07) is 1.04. The van der Waals surface area contributed by atoms with Gasteiger partial charge in [-0.15, -0.1) is 0 Å². The van der Waals surface area contributed by atoms with Gasteiger partial charge in [-0.3, -0.25) is 9.59 Å². The van der Waals surface area contributed by atoms with Gasteiger partial charge in [0.05, 0.1) is 45.0 Å². The Morgan fingerprint density at radius 3 is 1.73 bits per heavy atom. The molecule has 74 heavy (non-hydrogen) atoms. The van der Waals surface area contributed by atoms with E-state index in [9.17, 15) is 51.3 Å². The van der Waals surface area contributed by atoms with E-state index in [2.05, 4.69) is 27.5 Å². The van der Waals surface area contributed by atoms with Crippen molar-refractivity contribution >= 4 is 59.1 Å². The molecular weight excluding hydrogens is 982 g/mol. The van der Waals surface area contributed by atoms with Crippen LogP contribution in [0.2, 0.25) is 0 Å². The van der Waals surface area contributed by atoms with E-state index in [1.165, 1.54) is 23.6 Å². The lowest BCUT2D eigenvalue weighted by atomic mass is 9.86. The second-order valence-corrected chi connectivity index (χ2v) is 22.6. The first kappa shape index (κ1) is 53.7. The number of pyridine rings is 2. The number of nitrogens with zero attached hydrogens (tertiary/aromatic N) is 3. The molecule has 2 amide bonds. The Hall–Kier alpha value is -6.59. The molecule has 2 aromatic carbocycles. The van der Waals surface area contributed by atoms with Gasteiger partial charge in [-0.25, -0.2) is 36.6 Å². The fourth-order valence-corrected chi connectivity index (χ4v) is 10.5.